The van der Waals surface area contributed by atoms with Crippen LogP contribution < -0.4 is 10.1 Å². The van der Waals surface area contributed by atoms with E-state index in [0.717, 1.165) is 5.75 Å². The number of rotatable bonds is 7. The van der Waals surface area contributed by atoms with E-state index >= 15 is 0 Å². The first-order valence-electron chi connectivity index (χ1n) is 5.49. The average Bonchev–Trinajstić information content (AvgIpc) is 2.35. The number of ether oxygens (including phenoxy) is 1. The Morgan fingerprint density at radius 3 is 2.94 bits per heavy atom. The van der Waals surface area contributed by atoms with Gasteiger partial charge in [-0.05, 0) is 30.4 Å². The monoisotopic (exact) mass is 289 g/mol. The number of benzene rings is 1. The molecule has 0 fully saturated rings. The molecule has 100 valence electrons. The second-order valence-corrected chi connectivity index (χ2v) is 5.04. The summed E-state index contributed by atoms with van der Waals surface area (Å²) < 4.78 is 5.02. The Kier molecular flexibility index (Phi) is 6.93. The highest BCUT2D eigenvalue weighted by molar-refractivity contribution is 7.99. The van der Waals surface area contributed by atoms with Gasteiger partial charge in [-0.3, -0.25) is 4.79 Å². The number of aliphatic hydroxyl groups excluding tert-OH is 1. The molecule has 1 aromatic rings. The summed E-state index contributed by atoms with van der Waals surface area (Å²) in [6.45, 7) is 0.155. The van der Waals surface area contributed by atoms with Gasteiger partial charge in [-0.25, -0.2) is 0 Å². The molecule has 0 aliphatic heterocycles. The van der Waals surface area contributed by atoms with Crippen molar-refractivity contribution in [2.24, 2.45) is 0 Å². The largest absolute Gasteiger partial charge is 0.495 e. The third kappa shape index (κ3) is 5.16. The van der Waals surface area contributed by atoms with Gasteiger partial charge in [-0.15, -0.1) is 0 Å². The van der Waals surface area contributed by atoms with Crippen LogP contribution in [0.1, 0.15) is 6.42 Å². The lowest BCUT2D eigenvalue weighted by molar-refractivity contribution is -0.113. The van der Waals surface area contributed by atoms with Gasteiger partial charge >= 0.3 is 0 Å². The van der Waals surface area contributed by atoms with Gasteiger partial charge in [0.2, 0.25) is 5.91 Å². The van der Waals surface area contributed by atoms with E-state index < -0.39 is 0 Å². The molecule has 0 radical (unpaired) electrons. The molecule has 0 unspecified atom stereocenters. The van der Waals surface area contributed by atoms with Gasteiger partial charge in [-0.2, -0.15) is 11.8 Å². The van der Waals surface area contributed by atoms with Gasteiger partial charge in [-0.1, -0.05) is 11.6 Å². The molecule has 2 N–H and O–H groups in total. The van der Waals surface area contributed by atoms with Crippen LogP contribution in [0, 0.1) is 0 Å². The molecule has 0 aliphatic rings. The lowest BCUT2D eigenvalue weighted by Crippen LogP contribution is -2.14. The van der Waals surface area contributed by atoms with E-state index in [1.807, 2.05) is 0 Å². The Bertz CT molecular complexity index is 401. The summed E-state index contributed by atoms with van der Waals surface area (Å²) in [5, 5.41) is 11.8. The van der Waals surface area contributed by atoms with Crippen LogP contribution in [0.15, 0.2) is 18.2 Å². The van der Waals surface area contributed by atoms with E-state index in [1.54, 1.807) is 18.2 Å². The Labute approximate surface area is 116 Å². The normalized spacial score (nSPS) is 10.2. The minimum Gasteiger partial charge on any atom is -0.495 e. The van der Waals surface area contributed by atoms with Crippen molar-refractivity contribution in [3.63, 3.8) is 0 Å². The van der Waals surface area contributed by atoms with Gasteiger partial charge in [0.25, 0.3) is 0 Å². The van der Waals surface area contributed by atoms with Gasteiger partial charge in [0.05, 0.1) is 17.9 Å². The fraction of sp³-hybridized carbons (Fsp3) is 0.417. The Balaban J connectivity index is 2.42. The van der Waals surface area contributed by atoms with Gasteiger partial charge in [0.1, 0.15) is 5.75 Å². The highest BCUT2D eigenvalue weighted by Crippen LogP contribution is 2.27. The zero-order valence-corrected chi connectivity index (χ0v) is 11.7. The molecule has 0 spiro atoms. The standard InChI is InChI=1S/C12H16ClNO3S/c1-17-11-4-3-9(7-10(11)13)14-12(16)8-18-6-2-5-15/h3-4,7,15H,2,5-6,8H2,1H3,(H,14,16). The fourth-order valence-corrected chi connectivity index (χ4v) is 2.27. The summed E-state index contributed by atoms with van der Waals surface area (Å²) in [7, 11) is 1.54. The fourth-order valence-electron chi connectivity index (χ4n) is 1.27. The maximum absolute atomic E-state index is 11.6. The molecule has 0 heterocycles. The molecule has 0 aromatic heterocycles. The predicted octanol–water partition coefficient (Wildman–Crippen LogP) is 2.40. The van der Waals surface area contributed by atoms with Gasteiger partial charge in [0, 0.05) is 12.3 Å². The van der Waals surface area contributed by atoms with Gasteiger partial charge in [0.15, 0.2) is 0 Å². The van der Waals surface area contributed by atoms with Crippen LogP contribution in [0.4, 0.5) is 5.69 Å². The number of amides is 1. The Hall–Kier alpha value is -0.910. The van der Waals surface area contributed by atoms with Crippen molar-refractivity contribution >= 4 is 35.0 Å². The minimum atomic E-state index is -0.0841. The smallest absolute Gasteiger partial charge is 0.234 e. The lowest BCUT2D eigenvalue weighted by atomic mass is 10.3. The van der Waals surface area contributed by atoms with Crippen molar-refractivity contribution in [2.45, 2.75) is 6.42 Å². The molecule has 1 amide bonds. The first-order valence-corrected chi connectivity index (χ1v) is 7.02. The van der Waals surface area contributed by atoms with Crippen LogP contribution in [0.3, 0.4) is 0 Å². The molecular weight excluding hydrogens is 274 g/mol. The van der Waals surface area contributed by atoms with Crippen molar-refractivity contribution in [3.05, 3.63) is 23.2 Å². The van der Waals surface area contributed by atoms with Crippen molar-refractivity contribution < 1.29 is 14.6 Å². The number of carbonyl (C=O) groups excluding carboxylic acids is 1. The topological polar surface area (TPSA) is 58.6 Å². The molecule has 0 aliphatic carbocycles. The van der Waals surface area contributed by atoms with Crippen molar-refractivity contribution in [1.82, 2.24) is 0 Å². The maximum Gasteiger partial charge on any atom is 0.234 e. The number of hydrogen-bond donors (Lipinski definition) is 2. The van der Waals surface area contributed by atoms with Crippen LogP contribution in [0.5, 0.6) is 5.75 Å². The zero-order chi connectivity index (χ0) is 13.4. The molecule has 0 saturated heterocycles. The average molecular weight is 290 g/mol. The van der Waals surface area contributed by atoms with E-state index in [9.17, 15) is 4.79 Å². The van der Waals surface area contributed by atoms with E-state index in [-0.39, 0.29) is 12.5 Å². The summed E-state index contributed by atoms with van der Waals surface area (Å²) in [6.07, 6.45) is 0.701. The SMILES string of the molecule is COc1ccc(NC(=O)CSCCCO)cc1Cl. The summed E-state index contributed by atoms with van der Waals surface area (Å²) in [5.74, 6) is 1.63. The lowest BCUT2D eigenvalue weighted by Gasteiger charge is -2.07. The van der Waals surface area contributed by atoms with Crippen LogP contribution in [0.25, 0.3) is 0 Å². The Morgan fingerprint density at radius 1 is 1.56 bits per heavy atom. The quantitative estimate of drug-likeness (QED) is 0.757. The number of halogens is 1. The third-order valence-electron chi connectivity index (χ3n) is 2.12. The number of nitrogens with one attached hydrogen (secondary N) is 1. The molecule has 18 heavy (non-hydrogen) atoms. The van der Waals surface area contributed by atoms with Crippen molar-refractivity contribution in [2.75, 3.05) is 30.5 Å². The number of anilines is 1. The molecule has 1 aromatic carbocycles. The van der Waals surface area contributed by atoms with Crippen LogP contribution >= 0.6 is 23.4 Å². The molecular formula is C12H16ClNO3S. The molecule has 4 nitrogen and oxygen atoms in total. The molecule has 0 bridgehead atoms. The maximum atomic E-state index is 11.6. The Morgan fingerprint density at radius 2 is 2.33 bits per heavy atom. The summed E-state index contributed by atoms with van der Waals surface area (Å²) in [5.41, 5.74) is 0.647. The number of carbonyl (C=O) groups is 1. The first kappa shape index (κ1) is 15.1. The summed E-state index contributed by atoms with van der Waals surface area (Å²) >= 11 is 7.44. The molecule has 1 rings (SSSR count). The second-order valence-electron chi connectivity index (χ2n) is 3.53. The highest BCUT2D eigenvalue weighted by atomic mass is 35.5. The van der Waals surface area contributed by atoms with Gasteiger partial charge < -0.3 is 15.2 Å². The van der Waals surface area contributed by atoms with Crippen LogP contribution in [0.2, 0.25) is 5.02 Å². The number of thioether (sulfide) groups is 1. The van der Waals surface area contributed by atoms with E-state index in [1.165, 1.54) is 18.9 Å². The number of aliphatic hydroxyl groups is 1. The second kappa shape index (κ2) is 8.24. The van der Waals surface area contributed by atoms with Crippen LogP contribution in [-0.2, 0) is 4.79 Å². The van der Waals surface area contributed by atoms with Crippen molar-refractivity contribution in [1.29, 1.82) is 0 Å². The molecule has 0 saturated carbocycles. The first-order chi connectivity index (χ1) is 8.67. The van der Waals surface area contributed by atoms with E-state index in [0.29, 0.717) is 28.6 Å². The number of methoxy groups -OCH3 is 1. The molecule has 0 atom stereocenters. The van der Waals surface area contributed by atoms with Crippen LogP contribution in [-0.4, -0.2) is 36.2 Å². The highest BCUT2D eigenvalue weighted by Gasteiger charge is 2.05. The number of hydrogen-bond acceptors (Lipinski definition) is 4. The predicted molar refractivity (Wildman–Crippen MR) is 75.7 cm³/mol. The van der Waals surface area contributed by atoms with E-state index in [4.69, 9.17) is 21.4 Å². The van der Waals surface area contributed by atoms with Crippen molar-refractivity contribution in [3.8, 4) is 5.75 Å². The third-order valence-corrected chi connectivity index (χ3v) is 3.45. The summed E-state index contributed by atoms with van der Waals surface area (Å²) in [6, 6.07) is 5.09. The van der Waals surface area contributed by atoms with E-state index in [2.05, 4.69) is 5.32 Å². The molecule has 6 heteroatoms. The zero-order valence-electron chi connectivity index (χ0n) is 10.1. The minimum absolute atomic E-state index is 0.0841. The summed E-state index contributed by atoms with van der Waals surface area (Å²) in [4.78, 5) is 11.6.